The van der Waals surface area contributed by atoms with Gasteiger partial charge >= 0.3 is 0 Å². The summed E-state index contributed by atoms with van der Waals surface area (Å²) in [6.45, 7) is 0. The molecule has 3 aromatic carbocycles. The molecule has 1 heterocycles. The lowest BCUT2D eigenvalue weighted by molar-refractivity contribution is 0.102. The highest BCUT2D eigenvalue weighted by Gasteiger charge is 2.20. The zero-order valence-electron chi connectivity index (χ0n) is 17.8. The van der Waals surface area contributed by atoms with E-state index < -0.39 is 11.7 Å². The van der Waals surface area contributed by atoms with E-state index in [1.165, 1.54) is 38.5 Å². The molecule has 1 amide bonds. The number of carbonyl (C=O) groups excluding carboxylic acids is 1. The number of hydrogen-bond donors (Lipinski definition) is 1. The number of aromatic nitrogens is 1. The third-order valence-corrected chi connectivity index (χ3v) is 5.32. The summed E-state index contributed by atoms with van der Waals surface area (Å²) in [5, 5.41) is 3.36. The molecule has 0 unspecified atom stereocenters. The van der Waals surface area contributed by atoms with Crippen LogP contribution in [0.2, 0.25) is 0 Å². The normalized spacial score (nSPS) is 10.8. The van der Waals surface area contributed by atoms with Crippen LogP contribution in [0.1, 0.15) is 10.4 Å². The number of para-hydroxylation sites is 1. The second-order valence-corrected chi connectivity index (χ2v) is 7.16. The summed E-state index contributed by atoms with van der Waals surface area (Å²) < 4.78 is 25.7. The van der Waals surface area contributed by atoms with Crippen LogP contribution in [-0.2, 0) is 7.05 Å². The summed E-state index contributed by atoms with van der Waals surface area (Å²) in [4.78, 5) is 26.5. The number of fused-ring (bicyclic) bond motifs is 1. The second-order valence-electron chi connectivity index (χ2n) is 7.16. The number of rotatable bonds is 5. The fourth-order valence-electron chi connectivity index (χ4n) is 3.68. The number of ether oxygens (including phenoxy) is 2. The summed E-state index contributed by atoms with van der Waals surface area (Å²) in [6.07, 6.45) is 0. The highest BCUT2D eigenvalue weighted by atomic mass is 19.1. The minimum Gasteiger partial charge on any atom is -0.493 e. The smallest absolute Gasteiger partial charge is 0.256 e. The van der Waals surface area contributed by atoms with Gasteiger partial charge in [-0.05, 0) is 54.1 Å². The Kier molecular flexibility index (Phi) is 5.64. The molecule has 0 atom stereocenters. The number of anilines is 1. The number of aryl methyl sites for hydroxylation is 1. The van der Waals surface area contributed by atoms with E-state index in [4.69, 9.17) is 9.47 Å². The molecule has 1 aromatic heterocycles. The molecule has 0 aliphatic carbocycles. The van der Waals surface area contributed by atoms with E-state index in [0.29, 0.717) is 39.3 Å². The van der Waals surface area contributed by atoms with Gasteiger partial charge in [0.05, 0.1) is 25.3 Å². The Labute approximate surface area is 183 Å². The van der Waals surface area contributed by atoms with Crippen LogP contribution in [0.15, 0.2) is 71.5 Å². The van der Waals surface area contributed by atoms with Crippen LogP contribution < -0.4 is 20.2 Å². The van der Waals surface area contributed by atoms with E-state index in [-0.39, 0.29) is 11.0 Å². The van der Waals surface area contributed by atoms with Gasteiger partial charge in [0.15, 0.2) is 16.9 Å². The summed E-state index contributed by atoms with van der Waals surface area (Å²) >= 11 is 0. The maximum Gasteiger partial charge on any atom is 0.256 e. The van der Waals surface area contributed by atoms with Gasteiger partial charge in [0, 0.05) is 18.0 Å². The van der Waals surface area contributed by atoms with Gasteiger partial charge in [-0.3, -0.25) is 9.59 Å². The van der Waals surface area contributed by atoms with Crippen molar-refractivity contribution in [1.29, 1.82) is 0 Å². The monoisotopic (exact) mass is 432 g/mol. The van der Waals surface area contributed by atoms with Crippen molar-refractivity contribution >= 4 is 22.6 Å². The minimum absolute atomic E-state index is 0.236. The van der Waals surface area contributed by atoms with Crippen LogP contribution >= 0.6 is 0 Å². The Morgan fingerprint density at radius 1 is 0.938 bits per heavy atom. The van der Waals surface area contributed by atoms with E-state index in [9.17, 15) is 14.0 Å². The van der Waals surface area contributed by atoms with E-state index in [1.807, 2.05) is 12.1 Å². The van der Waals surface area contributed by atoms with Gasteiger partial charge in [0.2, 0.25) is 0 Å². The number of nitrogens with zero attached hydrogens (tertiary/aromatic N) is 1. The molecule has 0 aliphatic rings. The third kappa shape index (κ3) is 3.69. The van der Waals surface area contributed by atoms with Gasteiger partial charge in [-0.25, -0.2) is 4.39 Å². The predicted molar refractivity (Wildman–Crippen MR) is 122 cm³/mol. The number of pyridine rings is 1. The number of benzene rings is 3. The number of methoxy groups -OCH3 is 2. The molecule has 1 N–H and O–H groups in total. The third-order valence-electron chi connectivity index (χ3n) is 5.32. The van der Waals surface area contributed by atoms with Gasteiger partial charge in [-0.15, -0.1) is 0 Å². The Balaban J connectivity index is 1.95. The average Bonchev–Trinajstić information content (AvgIpc) is 2.82. The van der Waals surface area contributed by atoms with Gasteiger partial charge < -0.3 is 19.4 Å². The maximum absolute atomic E-state index is 13.5. The Bertz CT molecular complexity index is 1380. The molecule has 0 aliphatic heterocycles. The maximum atomic E-state index is 13.5. The molecule has 0 spiro atoms. The molecule has 0 saturated heterocycles. The minimum atomic E-state index is -0.461. The zero-order valence-corrected chi connectivity index (χ0v) is 17.8. The van der Waals surface area contributed by atoms with Crippen LogP contribution in [0.5, 0.6) is 11.5 Å². The van der Waals surface area contributed by atoms with Gasteiger partial charge in [0.25, 0.3) is 5.91 Å². The molecule has 6 nitrogen and oxygen atoms in total. The Morgan fingerprint density at radius 2 is 1.62 bits per heavy atom. The highest BCUT2D eigenvalue weighted by Crippen LogP contribution is 2.35. The van der Waals surface area contributed by atoms with E-state index in [2.05, 4.69) is 5.32 Å². The number of nitrogens with one attached hydrogen (secondary N) is 1. The van der Waals surface area contributed by atoms with E-state index in [0.717, 1.165) is 0 Å². The first-order valence-corrected chi connectivity index (χ1v) is 9.85. The second kappa shape index (κ2) is 8.55. The van der Waals surface area contributed by atoms with Crippen molar-refractivity contribution in [3.8, 4) is 22.6 Å². The Hall–Kier alpha value is -4.13. The SMILES string of the molecule is COc1ccc(-c2c(NC(=O)c3ccc(F)cc3)n(C)c3ccccc3c2=O)cc1OC. The first-order valence-electron chi connectivity index (χ1n) is 9.85. The molecule has 32 heavy (non-hydrogen) atoms. The number of carbonyl (C=O) groups is 1. The summed E-state index contributed by atoms with van der Waals surface area (Å²) in [5.74, 6) is 0.389. The lowest BCUT2D eigenvalue weighted by Crippen LogP contribution is -2.21. The van der Waals surface area contributed by atoms with Crippen LogP contribution in [0.4, 0.5) is 10.2 Å². The van der Waals surface area contributed by atoms with Crippen molar-refractivity contribution in [3.05, 3.63) is 88.3 Å². The van der Waals surface area contributed by atoms with Crippen molar-refractivity contribution in [2.75, 3.05) is 19.5 Å². The molecule has 4 aromatic rings. The van der Waals surface area contributed by atoms with E-state index in [1.54, 1.807) is 41.9 Å². The lowest BCUT2D eigenvalue weighted by atomic mass is 10.0. The largest absolute Gasteiger partial charge is 0.493 e. The highest BCUT2D eigenvalue weighted by molar-refractivity contribution is 6.06. The summed E-state index contributed by atoms with van der Waals surface area (Å²) in [7, 11) is 4.81. The van der Waals surface area contributed by atoms with Crippen molar-refractivity contribution < 1.29 is 18.7 Å². The van der Waals surface area contributed by atoms with Crippen molar-refractivity contribution in [2.24, 2.45) is 7.05 Å². The molecule has 0 fully saturated rings. The van der Waals surface area contributed by atoms with Crippen LogP contribution in [0, 0.1) is 5.82 Å². The van der Waals surface area contributed by atoms with Crippen LogP contribution in [-0.4, -0.2) is 24.7 Å². The summed E-state index contributed by atoms with van der Waals surface area (Å²) in [5.41, 5.74) is 1.56. The number of amides is 1. The van der Waals surface area contributed by atoms with Crippen LogP contribution in [0.3, 0.4) is 0 Å². The lowest BCUT2D eigenvalue weighted by Gasteiger charge is -2.19. The van der Waals surface area contributed by atoms with Gasteiger partial charge in [0.1, 0.15) is 11.6 Å². The molecule has 0 saturated carbocycles. The molecule has 7 heteroatoms. The predicted octanol–water partition coefficient (Wildman–Crippen LogP) is 4.61. The van der Waals surface area contributed by atoms with Gasteiger partial charge in [-0.2, -0.15) is 0 Å². The van der Waals surface area contributed by atoms with Crippen molar-refractivity contribution in [2.45, 2.75) is 0 Å². The summed E-state index contributed by atoms with van der Waals surface area (Å²) in [6, 6.07) is 17.5. The standard InChI is InChI=1S/C25H21FN2O4/c1-28-19-7-5-4-6-18(19)23(29)22(16-10-13-20(31-2)21(14-16)32-3)24(28)27-25(30)15-8-11-17(26)12-9-15/h4-14H,1-3H3,(H,27,30). The number of hydrogen-bond acceptors (Lipinski definition) is 4. The average molecular weight is 432 g/mol. The molecule has 0 radical (unpaired) electrons. The van der Waals surface area contributed by atoms with Crippen LogP contribution in [0.25, 0.3) is 22.0 Å². The van der Waals surface area contributed by atoms with Crippen molar-refractivity contribution in [3.63, 3.8) is 0 Å². The molecular weight excluding hydrogens is 411 g/mol. The quantitative estimate of drug-likeness (QED) is 0.500. The molecule has 0 bridgehead atoms. The first-order chi connectivity index (χ1) is 15.4. The van der Waals surface area contributed by atoms with Gasteiger partial charge in [-0.1, -0.05) is 18.2 Å². The van der Waals surface area contributed by atoms with Crippen molar-refractivity contribution in [1.82, 2.24) is 4.57 Å². The van der Waals surface area contributed by atoms with E-state index >= 15 is 0 Å². The molecular formula is C25H21FN2O4. The first kappa shape index (κ1) is 21.1. The Morgan fingerprint density at radius 3 is 2.31 bits per heavy atom. The number of halogens is 1. The molecule has 162 valence electrons. The molecule has 4 rings (SSSR count). The fourth-order valence-corrected chi connectivity index (χ4v) is 3.68. The zero-order chi connectivity index (χ0) is 22.8. The fraction of sp³-hybridized carbons (Fsp3) is 0.120. The topological polar surface area (TPSA) is 69.6 Å².